The highest BCUT2D eigenvalue weighted by Crippen LogP contribution is 2.40. The monoisotopic (exact) mass is 329 g/mol. The van der Waals surface area contributed by atoms with Crippen molar-refractivity contribution in [3.8, 4) is 11.4 Å². The molecule has 4 aromatic heterocycles. The minimum atomic E-state index is 0.613. The Morgan fingerprint density at radius 2 is 2.12 bits per heavy atom. The van der Waals surface area contributed by atoms with Gasteiger partial charge in [-0.1, -0.05) is 0 Å². The lowest BCUT2D eigenvalue weighted by molar-refractivity contribution is 0.962. The predicted molar refractivity (Wildman–Crippen MR) is 94.1 cm³/mol. The SMILES string of the molecule is Cc1cnc2[nH]cc(Cc3cn[c]nc3-c3cc(C4CC4)n[nH]3)c2c1. The molecule has 2 N–H and O–H groups in total. The second-order valence-corrected chi connectivity index (χ2v) is 6.72. The summed E-state index contributed by atoms with van der Waals surface area (Å²) >= 11 is 0. The first-order valence-electron chi connectivity index (χ1n) is 8.48. The summed E-state index contributed by atoms with van der Waals surface area (Å²) in [5, 5.41) is 8.71. The molecular weight excluding hydrogens is 312 g/mol. The molecule has 5 rings (SSSR count). The summed E-state index contributed by atoms with van der Waals surface area (Å²) in [7, 11) is 0. The van der Waals surface area contributed by atoms with Crippen molar-refractivity contribution in [2.75, 3.05) is 0 Å². The normalized spacial score (nSPS) is 14.3. The lowest BCUT2D eigenvalue weighted by Gasteiger charge is -2.05. The summed E-state index contributed by atoms with van der Waals surface area (Å²) in [6, 6.07) is 4.27. The third-order valence-electron chi connectivity index (χ3n) is 4.73. The number of hydrogen-bond acceptors (Lipinski definition) is 4. The Hall–Kier alpha value is -3.02. The summed E-state index contributed by atoms with van der Waals surface area (Å²) in [6.07, 6.45) is 11.6. The molecule has 0 atom stereocenters. The van der Waals surface area contributed by atoms with Crippen LogP contribution in [0.15, 0.2) is 30.7 Å². The van der Waals surface area contributed by atoms with Crippen molar-refractivity contribution in [1.82, 2.24) is 30.1 Å². The van der Waals surface area contributed by atoms with E-state index in [0.29, 0.717) is 5.92 Å². The van der Waals surface area contributed by atoms with Gasteiger partial charge in [-0.25, -0.2) is 15.0 Å². The molecule has 0 saturated heterocycles. The number of H-pyrrole nitrogens is 2. The van der Waals surface area contributed by atoms with Crippen LogP contribution in [0.2, 0.25) is 0 Å². The zero-order valence-corrected chi connectivity index (χ0v) is 13.9. The average molecular weight is 329 g/mol. The minimum absolute atomic E-state index is 0.613. The molecule has 0 bridgehead atoms. The fraction of sp³-hybridized carbons (Fsp3) is 0.263. The van der Waals surface area contributed by atoms with Crippen molar-refractivity contribution in [2.45, 2.75) is 32.1 Å². The third-order valence-corrected chi connectivity index (χ3v) is 4.73. The van der Waals surface area contributed by atoms with E-state index in [0.717, 1.165) is 45.7 Å². The van der Waals surface area contributed by atoms with E-state index in [2.05, 4.69) is 55.5 Å². The number of pyridine rings is 1. The standard InChI is InChI=1S/C19H17N6/c1-11-4-15-13(9-22-19(15)21-7-11)5-14-8-20-10-23-18(14)17-6-16(24-25-17)12-2-3-12/h4,6-9,12H,2-3,5H2,1H3,(H,21,22)(H,24,25). The molecule has 1 aliphatic rings. The zero-order valence-electron chi connectivity index (χ0n) is 13.9. The molecule has 1 fully saturated rings. The van der Waals surface area contributed by atoms with Crippen LogP contribution in [0.1, 0.15) is 41.1 Å². The molecule has 123 valence electrons. The molecule has 25 heavy (non-hydrogen) atoms. The second-order valence-electron chi connectivity index (χ2n) is 6.72. The van der Waals surface area contributed by atoms with Gasteiger partial charge in [0.15, 0.2) is 6.33 Å². The maximum atomic E-state index is 4.44. The first-order chi connectivity index (χ1) is 12.3. The highest BCUT2D eigenvalue weighted by molar-refractivity contribution is 5.81. The Balaban J connectivity index is 1.54. The van der Waals surface area contributed by atoms with E-state index in [1.54, 1.807) is 0 Å². The van der Waals surface area contributed by atoms with Crippen LogP contribution in [0.4, 0.5) is 0 Å². The van der Waals surface area contributed by atoms with Gasteiger partial charge in [-0.3, -0.25) is 5.10 Å². The number of hydrogen-bond donors (Lipinski definition) is 2. The molecule has 0 spiro atoms. The van der Waals surface area contributed by atoms with Crippen molar-refractivity contribution in [3.05, 3.63) is 59.4 Å². The summed E-state index contributed by atoms with van der Waals surface area (Å²) in [5.41, 5.74) is 7.22. The molecule has 0 unspecified atom stereocenters. The van der Waals surface area contributed by atoms with Crippen LogP contribution < -0.4 is 0 Å². The van der Waals surface area contributed by atoms with Gasteiger partial charge in [0.1, 0.15) is 5.65 Å². The van der Waals surface area contributed by atoms with Crippen molar-refractivity contribution in [1.29, 1.82) is 0 Å². The molecule has 0 amide bonds. The molecule has 1 radical (unpaired) electrons. The maximum Gasteiger partial charge on any atom is 0.198 e. The van der Waals surface area contributed by atoms with Crippen LogP contribution in [-0.4, -0.2) is 30.1 Å². The van der Waals surface area contributed by atoms with E-state index in [1.807, 2.05) is 18.6 Å². The van der Waals surface area contributed by atoms with Crippen molar-refractivity contribution in [3.63, 3.8) is 0 Å². The fourth-order valence-electron chi connectivity index (χ4n) is 3.24. The maximum absolute atomic E-state index is 4.44. The smallest absolute Gasteiger partial charge is 0.198 e. The predicted octanol–water partition coefficient (Wildman–Crippen LogP) is 3.32. The number of rotatable bonds is 4. The van der Waals surface area contributed by atoms with E-state index in [4.69, 9.17) is 0 Å². The van der Waals surface area contributed by atoms with Crippen LogP contribution in [0, 0.1) is 13.3 Å². The van der Waals surface area contributed by atoms with E-state index >= 15 is 0 Å². The van der Waals surface area contributed by atoms with E-state index in [-0.39, 0.29) is 0 Å². The highest BCUT2D eigenvalue weighted by atomic mass is 15.1. The first-order valence-corrected chi connectivity index (χ1v) is 8.48. The van der Waals surface area contributed by atoms with E-state index in [9.17, 15) is 0 Å². The number of aromatic amines is 2. The van der Waals surface area contributed by atoms with Crippen LogP contribution >= 0.6 is 0 Å². The minimum Gasteiger partial charge on any atom is -0.346 e. The van der Waals surface area contributed by atoms with Gasteiger partial charge in [0, 0.05) is 41.9 Å². The quantitative estimate of drug-likeness (QED) is 0.601. The molecule has 0 aromatic carbocycles. The van der Waals surface area contributed by atoms with Gasteiger partial charge in [0.2, 0.25) is 0 Å². The van der Waals surface area contributed by atoms with Crippen molar-refractivity contribution < 1.29 is 0 Å². The molecule has 4 heterocycles. The number of aromatic nitrogens is 6. The zero-order chi connectivity index (χ0) is 16.8. The molecule has 1 aliphatic carbocycles. The molecule has 0 aliphatic heterocycles. The number of aryl methyl sites for hydroxylation is 1. The van der Waals surface area contributed by atoms with Gasteiger partial charge in [0.25, 0.3) is 0 Å². The summed E-state index contributed by atoms with van der Waals surface area (Å²) < 4.78 is 0. The fourth-order valence-corrected chi connectivity index (χ4v) is 3.24. The van der Waals surface area contributed by atoms with Crippen LogP contribution in [0.5, 0.6) is 0 Å². The van der Waals surface area contributed by atoms with Crippen LogP contribution in [0.25, 0.3) is 22.4 Å². The van der Waals surface area contributed by atoms with Crippen LogP contribution in [-0.2, 0) is 6.42 Å². The number of fused-ring (bicyclic) bond motifs is 1. The van der Waals surface area contributed by atoms with Crippen molar-refractivity contribution >= 4 is 11.0 Å². The van der Waals surface area contributed by atoms with Gasteiger partial charge < -0.3 is 4.98 Å². The summed E-state index contributed by atoms with van der Waals surface area (Å²) in [6.45, 7) is 2.05. The Kier molecular flexibility index (Phi) is 3.16. The van der Waals surface area contributed by atoms with E-state index < -0.39 is 0 Å². The molecule has 6 heteroatoms. The topological polar surface area (TPSA) is 83.1 Å². The largest absolute Gasteiger partial charge is 0.346 e. The van der Waals surface area contributed by atoms with Crippen LogP contribution in [0.3, 0.4) is 0 Å². The summed E-state index contributed by atoms with van der Waals surface area (Å²) in [4.78, 5) is 16.2. The number of nitrogens with one attached hydrogen (secondary N) is 2. The van der Waals surface area contributed by atoms with Gasteiger partial charge in [-0.15, -0.1) is 0 Å². The number of nitrogens with zero attached hydrogens (tertiary/aromatic N) is 4. The Bertz CT molecular complexity index is 1060. The molecular formula is C19H17N6. The van der Waals surface area contributed by atoms with Crippen molar-refractivity contribution in [2.24, 2.45) is 0 Å². The Morgan fingerprint density at radius 1 is 1.20 bits per heavy atom. The van der Waals surface area contributed by atoms with Gasteiger partial charge in [-0.05, 0) is 43.0 Å². The van der Waals surface area contributed by atoms with E-state index in [1.165, 1.54) is 18.4 Å². The first kappa shape index (κ1) is 14.3. The Morgan fingerprint density at radius 3 is 3.00 bits per heavy atom. The average Bonchev–Trinajstić information content (AvgIpc) is 3.24. The second kappa shape index (κ2) is 5.51. The highest BCUT2D eigenvalue weighted by Gasteiger charge is 2.26. The van der Waals surface area contributed by atoms with Gasteiger partial charge in [0.05, 0.1) is 17.1 Å². The van der Waals surface area contributed by atoms with Gasteiger partial charge in [-0.2, -0.15) is 5.10 Å². The van der Waals surface area contributed by atoms with Gasteiger partial charge >= 0.3 is 0 Å². The lowest BCUT2D eigenvalue weighted by atomic mass is 10.0. The third kappa shape index (κ3) is 2.59. The lowest BCUT2D eigenvalue weighted by Crippen LogP contribution is -1.97. The molecule has 4 aromatic rings. The molecule has 6 nitrogen and oxygen atoms in total. The Labute approximate surface area is 144 Å². The molecule has 1 saturated carbocycles. The summed E-state index contributed by atoms with van der Waals surface area (Å²) in [5.74, 6) is 0.613.